The normalized spacial score (nSPS) is 17.1. The third-order valence-electron chi connectivity index (χ3n) is 4.94. The van der Waals surface area contributed by atoms with Crippen LogP contribution in [0.2, 0.25) is 0 Å². The molecule has 2 aliphatic rings. The zero-order chi connectivity index (χ0) is 18.6. The van der Waals surface area contributed by atoms with Crippen LogP contribution in [0.5, 0.6) is 11.5 Å². The second-order valence-electron chi connectivity index (χ2n) is 6.75. The van der Waals surface area contributed by atoms with E-state index in [4.69, 9.17) is 9.47 Å². The smallest absolute Gasteiger partial charge is 0.240 e. The van der Waals surface area contributed by atoms with Crippen LogP contribution in [0.15, 0.2) is 18.2 Å². The molecule has 1 fully saturated rings. The Morgan fingerprint density at radius 1 is 1.19 bits per heavy atom. The fourth-order valence-corrected chi connectivity index (χ4v) is 4.44. The van der Waals surface area contributed by atoms with Gasteiger partial charge in [0.1, 0.15) is 6.54 Å². The molecule has 1 aromatic carbocycles. The van der Waals surface area contributed by atoms with Gasteiger partial charge in [-0.2, -0.15) is 0 Å². The quantitative estimate of drug-likeness (QED) is 0.782. The predicted octanol–water partition coefficient (Wildman–Crippen LogP) is 2.27. The van der Waals surface area contributed by atoms with Gasteiger partial charge < -0.3 is 14.8 Å². The van der Waals surface area contributed by atoms with E-state index in [1.165, 1.54) is 19.3 Å². The van der Waals surface area contributed by atoms with Crippen LogP contribution in [0.4, 0.5) is 5.69 Å². The van der Waals surface area contributed by atoms with Gasteiger partial charge in [0.05, 0.1) is 11.4 Å². The zero-order valence-electron chi connectivity index (χ0n) is 15.1. The monoisotopic (exact) mass is 382 g/mol. The van der Waals surface area contributed by atoms with Gasteiger partial charge in [-0.05, 0) is 37.8 Å². The van der Waals surface area contributed by atoms with E-state index in [1.807, 2.05) is 0 Å². The molecule has 1 amide bonds. The van der Waals surface area contributed by atoms with Crippen LogP contribution < -0.4 is 19.1 Å². The number of ether oxygens (including phenoxy) is 2. The largest absolute Gasteiger partial charge is 0.454 e. The molecule has 1 aromatic rings. The number of carbonyl (C=O) groups excluding carboxylic acids is 1. The van der Waals surface area contributed by atoms with E-state index >= 15 is 0 Å². The number of carbonyl (C=O) groups is 1. The summed E-state index contributed by atoms with van der Waals surface area (Å²) in [5.74, 6) is 1.18. The zero-order valence-corrected chi connectivity index (χ0v) is 15.9. The lowest BCUT2D eigenvalue weighted by Gasteiger charge is -2.25. The average molecular weight is 382 g/mol. The Bertz CT molecular complexity index is 744. The summed E-state index contributed by atoms with van der Waals surface area (Å²) >= 11 is 0. The molecule has 0 spiro atoms. The molecule has 8 heteroatoms. The molecule has 144 valence electrons. The van der Waals surface area contributed by atoms with Crippen molar-refractivity contribution in [2.75, 3.05) is 29.9 Å². The molecule has 1 N–H and O–H groups in total. The summed E-state index contributed by atoms with van der Waals surface area (Å²) in [6, 6.07) is 4.90. The molecule has 0 bridgehead atoms. The van der Waals surface area contributed by atoms with Crippen LogP contribution in [-0.2, 0) is 14.8 Å². The molecule has 0 unspecified atom stereocenters. The SMILES string of the molecule is CCS(=O)(=O)N(CC(=O)NCC1CCCCC1)c1ccc2c(c1)OCO2. The highest BCUT2D eigenvalue weighted by atomic mass is 32.2. The lowest BCUT2D eigenvalue weighted by molar-refractivity contribution is -0.119. The topological polar surface area (TPSA) is 84.9 Å². The van der Waals surface area contributed by atoms with Crippen molar-refractivity contribution in [3.8, 4) is 11.5 Å². The maximum atomic E-state index is 12.5. The highest BCUT2D eigenvalue weighted by Crippen LogP contribution is 2.36. The van der Waals surface area contributed by atoms with Crippen LogP contribution in [0, 0.1) is 5.92 Å². The Labute approximate surface area is 154 Å². The third kappa shape index (κ3) is 4.41. The predicted molar refractivity (Wildman–Crippen MR) is 99.0 cm³/mol. The van der Waals surface area contributed by atoms with Crippen molar-refractivity contribution in [1.29, 1.82) is 0 Å². The first-order chi connectivity index (χ1) is 12.5. The van der Waals surface area contributed by atoms with Gasteiger partial charge in [-0.25, -0.2) is 8.42 Å². The van der Waals surface area contributed by atoms with Crippen LogP contribution in [0.25, 0.3) is 0 Å². The van der Waals surface area contributed by atoms with E-state index in [9.17, 15) is 13.2 Å². The number of nitrogens with zero attached hydrogens (tertiary/aromatic N) is 1. The van der Waals surface area contributed by atoms with Crippen LogP contribution in [0.1, 0.15) is 39.0 Å². The molecule has 26 heavy (non-hydrogen) atoms. The Balaban J connectivity index is 1.69. The standard InChI is InChI=1S/C18H26N2O5S/c1-2-26(22,23)20(15-8-9-16-17(10-15)25-13-24-16)12-18(21)19-11-14-6-4-3-5-7-14/h8-10,14H,2-7,11-13H2,1H3,(H,19,21). The van der Waals surface area contributed by atoms with Gasteiger partial charge in [-0.15, -0.1) is 0 Å². The number of rotatable bonds is 7. The second-order valence-corrected chi connectivity index (χ2v) is 8.93. The Morgan fingerprint density at radius 2 is 1.92 bits per heavy atom. The molecular weight excluding hydrogens is 356 g/mol. The highest BCUT2D eigenvalue weighted by Gasteiger charge is 2.26. The van der Waals surface area contributed by atoms with E-state index in [1.54, 1.807) is 25.1 Å². The minimum absolute atomic E-state index is 0.0860. The Kier molecular flexibility index (Phi) is 5.90. The van der Waals surface area contributed by atoms with Gasteiger partial charge in [0.25, 0.3) is 0 Å². The first-order valence-corrected chi connectivity index (χ1v) is 10.8. The van der Waals surface area contributed by atoms with Gasteiger partial charge >= 0.3 is 0 Å². The number of nitrogens with one attached hydrogen (secondary N) is 1. The van der Waals surface area contributed by atoms with Gasteiger partial charge in [0, 0.05) is 12.6 Å². The Hall–Kier alpha value is -1.96. The Morgan fingerprint density at radius 3 is 2.65 bits per heavy atom. The van der Waals surface area contributed by atoms with Gasteiger partial charge in [0.2, 0.25) is 22.7 Å². The molecule has 1 aliphatic heterocycles. The molecule has 7 nitrogen and oxygen atoms in total. The van der Waals surface area contributed by atoms with Gasteiger partial charge in [0.15, 0.2) is 11.5 Å². The van der Waals surface area contributed by atoms with Crippen molar-refractivity contribution in [3.05, 3.63) is 18.2 Å². The van der Waals surface area contributed by atoms with Crippen LogP contribution in [-0.4, -0.2) is 40.0 Å². The van der Waals surface area contributed by atoms with Crippen molar-refractivity contribution >= 4 is 21.6 Å². The lowest BCUT2D eigenvalue weighted by Crippen LogP contribution is -2.42. The van der Waals surface area contributed by atoms with E-state index in [0.717, 1.165) is 17.1 Å². The summed E-state index contributed by atoms with van der Waals surface area (Å²) in [4.78, 5) is 12.4. The second kappa shape index (κ2) is 8.16. The van der Waals surface area contributed by atoms with Crippen molar-refractivity contribution in [2.45, 2.75) is 39.0 Å². The molecule has 1 saturated carbocycles. The van der Waals surface area contributed by atoms with Crippen molar-refractivity contribution in [1.82, 2.24) is 5.32 Å². The van der Waals surface area contributed by atoms with Crippen LogP contribution in [0.3, 0.4) is 0 Å². The van der Waals surface area contributed by atoms with Gasteiger partial charge in [-0.3, -0.25) is 9.10 Å². The molecule has 1 aliphatic carbocycles. The number of benzene rings is 1. The summed E-state index contributed by atoms with van der Waals surface area (Å²) in [6.07, 6.45) is 5.91. The number of hydrogen-bond acceptors (Lipinski definition) is 5. The fraction of sp³-hybridized carbons (Fsp3) is 0.611. The number of anilines is 1. The number of sulfonamides is 1. The van der Waals surface area contributed by atoms with Crippen LogP contribution >= 0.6 is 0 Å². The minimum atomic E-state index is -3.59. The number of amides is 1. The molecular formula is C18H26N2O5S. The van der Waals surface area contributed by atoms with Gasteiger partial charge in [-0.1, -0.05) is 19.3 Å². The maximum Gasteiger partial charge on any atom is 0.240 e. The third-order valence-corrected chi connectivity index (χ3v) is 6.69. The van der Waals surface area contributed by atoms with E-state index in [-0.39, 0.29) is 25.0 Å². The highest BCUT2D eigenvalue weighted by molar-refractivity contribution is 7.92. The molecule has 1 heterocycles. The molecule has 0 atom stereocenters. The first kappa shape index (κ1) is 18.8. The summed E-state index contributed by atoms with van der Waals surface area (Å²) in [5.41, 5.74) is 0.406. The summed E-state index contributed by atoms with van der Waals surface area (Å²) < 4.78 is 36.8. The summed E-state index contributed by atoms with van der Waals surface area (Å²) in [5, 5.41) is 2.90. The first-order valence-electron chi connectivity index (χ1n) is 9.16. The molecule has 3 rings (SSSR count). The number of fused-ring (bicyclic) bond motifs is 1. The van der Waals surface area contributed by atoms with E-state index in [0.29, 0.717) is 29.6 Å². The van der Waals surface area contributed by atoms with Crippen molar-refractivity contribution in [2.24, 2.45) is 5.92 Å². The average Bonchev–Trinajstić information content (AvgIpc) is 3.13. The van der Waals surface area contributed by atoms with Crippen molar-refractivity contribution in [3.63, 3.8) is 0 Å². The summed E-state index contributed by atoms with van der Waals surface area (Å²) in [6.45, 7) is 2.05. The van der Waals surface area contributed by atoms with E-state index < -0.39 is 10.0 Å². The molecule has 0 aromatic heterocycles. The fourth-order valence-electron chi connectivity index (χ4n) is 3.38. The minimum Gasteiger partial charge on any atom is -0.454 e. The van der Waals surface area contributed by atoms with E-state index in [2.05, 4.69) is 5.32 Å². The number of hydrogen-bond donors (Lipinski definition) is 1. The lowest BCUT2D eigenvalue weighted by atomic mass is 9.89. The summed E-state index contributed by atoms with van der Waals surface area (Å²) in [7, 11) is -3.59. The molecule has 0 radical (unpaired) electrons. The molecule has 0 saturated heterocycles. The maximum absolute atomic E-state index is 12.5. The van der Waals surface area contributed by atoms with Crippen molar-refractivity contribution < 1.29 is 22.7 Å².